The number of carbonyl (C=O) groups is 2. The smallest absolute Gasteiger partial charge is 0.269 e. The molecule has 0 aromatic heterocycles. The van der Waals surface area contributed by atoms with Gasteiger partial charge < -0.3 is 4.90 Å². The third kappa shape index (κ3) is 2.68. The molecule has 1 aromatic carbocycles. The van der Waals surface area contributed by atoms with Gasteiger partial charge in [-0.3, -0.25) is 19.7 Å². The zero-order valence-corrected chi connectivity index (χ0v) is 11.2. The van der Waals surface area contributed by atoms with E-state index in [0.717, 1.165) is 6.42 Å². The Morgan fingerprint density at radius 2 is 2.05 bits per heavy atom. The Bertz CT molecular complexity index is 539. The summed E-state index contributed by atoms with van der Waals surface area (Å²) < 4.78 is 0. The van der Waals surface area contributed by atoms with Crippen LogP contribution in [0.15, 0.2) is 24.3 Å². The fourth-order valence-electron chi connectivity index (χ4n) is 2.43. The van der Waals surface area contributed by atoms with Gasteiger partial charge in [-0.1, -0.05) is 6.92 Å². The Morgan fingerprint density at radius 3 is 2.60 bits per heavy atom. The molecule has 1 atom stereocenters. The number of piperidine rings is 1. The minimum Gasteiger partial charge on any atom is -0.312 e. The van der Waals surface area contributed by atoms with Crippen LogP contribution in [0.2, 0.25) is 0 Å². The van der Waals surface area contributed by atoms with Crippen LogP contribution in [0.1, 0.15) is 26.2 Å². The first-order valence-electron chi connectivity index (χ1n) is 6.63. The molecule has 6 nitrogen and oxygen atoms in total. The first-order valence-corrected chi connectivity index (χ1v) is 6.63. The summed E-state index contributed by atoms with van der Waals surface area (Å²) in [6.07, 6.45) is 1.71. The molecule has 0 aliphatic carbocycles. The molecule has 1 saturated heterocycles. The highest BCUT2D eigenvalue weighted by Crippen LogP contribution is 2.27. The number of rotatable bonds is 4. The Labute approximate surface area is 116 Å². The average Bonchev–Trinajstić information content (AvgIpc) is 2.47. The van der Waals surface area contributed by atoms with Crippen molar-refractivity contribution in [2.24, 2.45) is 5.92 Å². The fourth-order valence-corrected chi connectivity index (χ4v) is 2.43. The number of nitro groups is 1. The van der Waals surface area contributed by atoms with Gasteiger partial charge in [0.15, 0.2) is 0 Å². The van der Waals surface area contributed by atoms with Gasteiger partial charge in [0, 0.05) is 30.8 Å². The molecular weight excluding hydrogens is 260 g/mol. The van der Waals surface area contributed by atoms with E-state index in [4.69, 9.17) is 0 Å². The number of nitro benzene ring substituents is 1. The Kier molecular flexibility index (Phi) is 4.12. The van der Waals surface area contributed by atoms with Crippen LogP contribution >= 0.6 is 0 Å². The van der Waals surface area contributed by atoms with Crippen molar-refractivity contribution < 1.29 is 14.5 Å². The molecule has 1 aliphatic rings. The number of nitrogens with zero attached hydrogens (tertiary/aromatic N) is 2. The van der Waals surface area contributed by atoms with E-state index in [1.165, 1.54) is 12.1 Å². The van der Waals surface area contributed by atoms with Gasteiger partial charge in [0.1, 0.15) is 5.78 Å². The SMILES string of the molecule is CCC(=O)[C@H]1CCCN(c2ccc([N+](=O)[O-])cc2)C1=O. The largest absolute Gasteiger partial charge is 0.312 e. The van der Waals surface area contributed by atoms with E-state index in [9.17, 15) is 19.7 Å². The summed E-state index contributed by atoms with van der Waals surface area (Å²) in [5.41, 5.74) is 0.591. The Balaban J connectivity index is 2.21. The molecule has 0 radical (unpaired) electrons. The van der Waals surface area contributed by atoms with Gasteiger partial charge >= 0.3 is 0 Å². The minimum absolute atomic E-state index is 0.0145. The summed E-state index contributed by atoms with van der Waals surface area (Å²) in [6, 6.07) is 5.84. The summed E-state index contributed by atoms with van der Waals surface area (Å²) in [6.45, 7) is 2.30. The van der Waals surface area contributed by atoms with E-state index in [2.05, 4.69) is 0 Å². The van der Waals surface area contributed by atoms with E-state index in [0.29, 0.717) is 25.1 Å². The number of carbonyl (C=O) groups excluding carboxylic acids is 2. The predicted octanol–water partition coefficient (Wildman–Crippen LogP) is 2.32. The van der Waals surface area contributed by atoms with Crippen LogP contribution < -0.4 is 4.90 Å². The normalized spacial score (nSPS) is 18.9. The summed E-state index contributed by atoms with van der Waals surface area (Å²) in [4.78, 5) is 35.8. The van der Waals surface area contributed by atoms with Gasteiger partial charge in [-0.2, -0.15) is 0 Å². The number of ketones is 1. The molecule has 0 spiro atoms. The van der Waals surface area contributed by atoms with Crippen LogP contribution in [-0.2, 0) is 9.59 Å². The first-order chi connectivity index (χ1) is 9.54. The molecular formula is C14H16N2O4. The highest BCUT2D eigenvalue weighted by molar-refractivity contribution is 6.08. The number of benzene rings is 1. The second-order valence-electron chi connectivity index (χ2n) is 4.78. The number of Topliss-reactive ketones (excluding diaryl/α,β-unsaturated/α-hetero) is 1. The van der Waals surface area contributed by atoms with Crippen LogP contribution in [0.3, 0.4) is 0 Å². The van der Waals surface area contributed by atoms with Crippen molar-refractivity contribution in [3.8, 4) is 0 Å². The van der Waals surface area contributed by atoms with Crippen molar-refractivity contribution >= 4 is 23.1 Å². The molecule has 0 saturated carbocycles. The molecule has 2 rings (SSSR count). The zero-order valence-electron chi connectivity index (χ0n) is 11.2. The second kappa shape index (κ2) is 5.81. The molecule has 6 heteroatoms. The molecule has 1 fully saturated rings. The van der Waals surface area contributed by atoms with Crippen LogP contribution in [0.25, 0.3) is 0 Å². The lowest BCUT2D eigenvalue weighted by molar-refractivity contribution is -0.384. The standard InChI is InChI=1S/C14H16N2O4/c1-2-13(17)12-4-3-9-15(14(12)18)10-5-7-11(8-6-10)16(19)20/h5-8,12H,2-4,9H2,1H3/t12-/m1/s1. The highest BCUT2D eigenvalue weighted by Gasteiger charge is 2.33. The molecule has 106 valence electrons. The molecule has 20 heavy (non-hydrogen) atoms. The monoisotopic (exact) mass is 276 g/mol. The molecule has 1 amide bonds. The van der Waals surface area contributed by atoms with Crippen molar-refractivity contribution in [2.45, 2.75) is 26.2 Å². The molecule has 0 bridgehead atoms. The molecule has 0 unspecified atom stereocenters. The lowest BCUT2D eigenvalue weighted by Crippen LogP contribution is -2.44. The Morgan fingerprint density at radius 1 is 1.40 bits per heavy atom. The van der Waals surface area contributed by atoms with Crippen LogP contribution in [0.5, 0.6) is 0 Å². The summed E-state index contributed by atoms with van der Waals surface area (Å²) in [7, 11) is 0. The maximum atomic E-state index is 12.3. The molecule has 1 aliphatic heterocycles. The quantitative estimate of drug-likeness (QED) is 0.480. The average molecular weight is 276 g/mol. The van der Waals surface area contributed by atoms with Gasteiger partial charge in [-0.05, 0) is 25.0 Å². The lowest BCUT2D eigenvalue weighted by atomic mass is 9.91. The minimum atomic E-state index is -0.566. The third-order valence-electron chi connectivity index (χ3n) is 3.55. The van der Waals surface area contributed by atoms with Crippen LogP contribution in [0, 0.1) is 16.0 Å². The molecule has 0 N–H and O–H groups in total. The van der Waals surface area contributed by atoms with Crippen molar-refractivity contribution in [3.63, 3.8) is 0 Å². The number of amides is 1. The van der Waals surface area contributed by atoms with Gasteiger partial charge in [-0.25, -0.2) is 0 Å². The van der Waals surface area contributed by atoms with Crippen LogP contribution in [0.4, 0.5) is 11.4 Å². The highest BCUT2D eigenvalue weighted by atomic mass is 16.6. The van der Waals surface area contributed by atoms with Crippen molar-refractivity contribution in [2.75, 3.05) is 11.4 Å². The fraction of sp³-hybridized carbons (Fsp3) is 0.429. The maximum absolute atomic E-state index is 12.3. The van der Waals surface area contributed by atoms with E-state index < -0.39 is 10.8 Å². The Hall–Kier alpha value is -2.24. The van der Waals surface area contributed by atoms with Crippen LogP contribution in [-0.4, -0.2) is 23.2 Å². The lowest BCUT2D eigenvalue weighted by Gasteiger charge is -2.31. The van der Waals surface area contributed by atoms with E-state index in [1.807, 2.05) is 0 Å². The van der Waals surface area contributed by atoms with E-state index >= 15 is 0 Å². The van der Waals surface area contributed by atoms with E-state index in [1.54, 1.807) is 24.0 Å². The predicted molar refractivity (Wildman–Crippen MR) is 73.5 cm³/mol. The zero-order chi connectivity index (χ0) is 14.7. The molecule has 1 heterocycles. The van der Waals surface area contributed by atoms with Gasteiger partial charge in [0.2, 0.25) is 5.91 Å². The summed E-state index contributed by atoms with van der Waals surface area (Å²) in [5, 5.41) is 10.6. The number of hydrogen-bond donors (Lipinski definition) is 0. The summed E-state index contributed by atoms with van der Waals surface area (Å²) >= 11 is 0. The van der Waals surface area contributed by atoms with Crippen molar-refractivity contribution in [1.82, 2.24) is 0 Å². The third-order valence-corrected chi connectivity index (χ3v) is 3.55. The topological polar surface area (TPSA) is 80.5 Å². The maximum Gasteiger partial charge on any atom is 0.269 e. The number of non-ortho nitro benzene ring substituents is 1. The number of anilines is 1. The first kappa shape index (κ1) is 14.2. The number of hydrogen-bond acceptors (Lipinski definition) is 4. The van der Waals surface area contributed by atoms with E-state index in [-0.39, 0.29) is 17.4 Å². The van der Waals surface area contributed by atoms with Crippen molar-refractivity contribution in [3.05, 3.63) is 34.4 Å². The van der Waals surface area contributed by atoms with Gasteiger partial charge in [-0.15, -0.1) is 0 Å². The second-order valence-corrected chi connectivity index (χ2v) is 4.78. The summed E-state index contributed by atoms with van der Waals surface area (Å²) in [5.74, 6) is -0.803. The van der Waals surface area contributed by atoms with Crippen molar-refractivity contribution in [1.29, 1.82) is 0 Å². The molecule has 1 aromatic rings. The van der Waals surface area contributed by atoms with Gasteiger partial charge in [0.25, 0.3) is 5.69 Å². The van der Waals surface area contributed by atoms with Gasteiger partial charge in [0.05, 0.1) is 10.8 Å².